The molecule has 0 saturated heterocycles. The number of hydrogen-bond donors (Lipinski definition) is 0. The van der Waals surface area contributed by atoms with Gasteiger partial charge in [-0.3, -0.25) is 0 Å². The first-order valence-electron chi connectivity index (χ1n) is 13.9. The molecular weight excluding hydrogens is 496 g/mol. The number of hydrogen-bond acceptors (Lipinski definition) is 2. The van der Waals surface area contributed by atoms with Crippen LogP contribution in [0.2, 0.25) is 5.02 Å². The quantitative estimate of drug-likeness (QED) is 0.219. The predicted octanol–water partition coefficient (Wildman–Crippen LogP) is 10.9. The Morgan fingerprint density at radius 1 is 0.462 bits per heavy atom. The Morgan fingerprint density at radius 3 is 1.26 bits per heavy atom. The Morgan fingerprint density at radius 2 is 0.872 bits per heavy atom. The van der Waals surface area contributed by atoms with E-state index in [9.17, 15) is 0 Å². The highest BCUT2D eigenvalue weighted by Crippen LogP contribution is 2.49. The van der Waals surface area contributed by atoms with Crippen LogP contribution in [-0.4, -0.2) is 0 Å². The molecule has 3 heteroatoms. The van der Waals surface area contributed by atoms with Crippen LogP contribution in [0.3, 0.4) is 0 Å². The molecule has 0 fully saturated rings. The van der Waals surface area contributed by atoms with Gasteiger partial charge in [-0.2, -0.15) is 0 Å². The van der Waals surface area contributed by atoms with Crippen molar-refractivity contribution in [3.63, 3.8) is 0 Å². The molecule has 0 aromatic heterocycles. The number of aryl methyl sites for hydroxylation is 3. The molecule has 0 aliphatic carbocycles. The summed E-state index contributed by atoms with van der Waals surface area (Å²) in [6, 6.07) is 39.7. The molecule has 5 aromatic carbocycles. The molecule has 6 rings (SSSR count). The van der Waals surface area contributed by atoms with Crippen LogP contribution >= 0.6 is 11.6 Å². The lowest BCUT2D eigenvalue weighted by Crippen LogP contribution is -2.15. The summed E-state index contributed by atoms with van der Waals surface area (Å²) in [6.45, 7) is 6.58. The summed E-state index contributed by atoms with van der Waals surface area (Å²) >= 11 is 7.47. The van der Waals surface area contributed by atoms with Gasteiger partial charge in [0.15, 0.2) is 0 Å². The molecule has 1 aliphatic heterocycles. The summed E-state index contributed by atoms with van der Waals surface area (Å²) < 4.78 is 0. The second-order valence-electron chi connectivity index (χ2n) is 10.1. The molecule has 1 heterocycles. The van der Waals surface area contributed by atoms with E-state index < -0.39 is 0 Å². The zero-order valence-corrected chi connectivity index (χ0v) is 23.5. The van der Waals surface area contributed by atoms with Crippen molar-refractivity contribution >= 4 is 45.7 Å². The highest BCUT2D eigenvalue weighted by molar-refractivity contribution is 6.36. The monoisotopic (exact) mass is 528 g/mol. The van der Waals surface area contributed by atoms with Crippen LogP contribution in [0.1, 0.15) is 37.5 Å². The topological polar surface area (TPSA) is 6.48 Å². The largest absolute Gasteiger partial charge is 0.309 e. The van der Waals surface area contributed by atoms with Gasteiger partial charge in [0.1, 0.15) is 0 Å². The Labute approximate surface area is 237 Å². The van der Waals surface area contributed by atoms with Gasteiger partial charge < -0.3 is 9.80 Å². The lowest BCUT2D eigenvalue weighted by atomic mass is 10.0. The minimum atomic E-state index is 0.726. The van der Waals surface area contributed by atoms with E-state index in [-0.39, 0.29) is 0 Å². The Balaban J connectivity index is 1.68. The maximum atomic E-state index is 7.47. The van der Waals surface area contributed by atoms with E-state index in [1.807, 2.05) is 0 Å². The van der Waals surface area contributed by atoms with Crippen molar-refractivity contribution in [2.24, 2.45) is 0 Å². The SMILES string of the molecule is CCc1ccc(N2c3cccc(c3)-c3cccc(c3)N(c3ccc(CC)cc3)c3cc(CC)cc2c3Cl)cc1. The molecule has 0 spiro atoms. The summed E-state index contributed by atoms with van der Waals surface area (Å²) in [7, 11) is 0. The molecule has 6 bridgehead atoms. The second kappa shape index (κ2) is 10.6. The van der Waals surface area contributed by atoms with Crippen LogP contribution < -0.4 is 9.80 Å². The zero-order chi connectivity index (χ0) is 26.9. The van der Waals surface area contributed by atoms with Crippen molar-refractivity contribution < 1.29 is 0 Å². The molecule has 0 N–H and O–H groups in total. The Hall–Kier alpha value is -4.01. The second-order valence-corrected chi connectivity index (χ2v) is 10.5. The van der Waals surface area contributed by atoms with Gasteiger partial charge in [0, 0.05) is 22.7 Å². The van der Waals surface area contributed by atoms with E-state index in [0.717, 1.165) is 58.4 Å². The number of fused-ring (bicyclic) bond motifs is 7. The van der Waals surface area contributed by atoms with E-state index in [1.54, 1.807) is 0 Å². The van der Waals surface area contributed by atoms with Crippen LogP contribution in [0, 0.1) is 0 Å². The normalized spacial score (nSPS) is 12.3. The fourth-order valence-electron chi connectivity index (χ4n) is 5.45. The lowest BCUT2D eigenvalue weighted by Gasteiger charge is -2.31. The van der Waals surface area contributed by atoms with Crippen LogP contribution in [0.5, 0.6) is 0 Å². The van der Waals surface area contributed by atoms with Crippen LogP contribution in [-0.2, 0) is 19.3 Å². The molecule has 0 saturated carbocycles. The van der Waals surface area contributed by atoms with E-state index in [1.165, 1.54) is 27.8 Å². The number of nitrogens with zero attached hydrogens (tertiary/aromatic N) is 2. The number of anilines is 6. The van der Waals surface area contributed by atoms with Gasteiger partial charge >= 0.3 is 0 Å². The maximum absolute atomic E-state index is 7.47. The molecule has 39 heavy (non-hydrogen) atoms. The molecule has 0 radical (unpaired) electrons. The standard InChI is InChI=1S/C36H33ClN2/c1-4-25-13-17-30(18-14-25)38-32-11-7-9-28(23-32)29-10-8-12-33(24-29)39(31-19-15-26(5-2)16-20-31)35-22-27(6-3)21-34(38)36(35)37/h7-24H,4-6H2,1-3H3. The maximum Gasteiger partial charge on any atom is 0.0887 e. The molecule has 0 amide bonds. The van der Waals surface area contributed by atoms with Gasteiger partial charge in [0.05, 0.1) is 16.4 Å². The van der Waals surface area contributed by atoms with Crippen molar-refractivity contribution in [3.8, 4) is 11.1 Å². The van der Waals surface area contributed by atoms with Crippen LogP contribution in [0.15, 0.2) is 109 Å². The van der Waals surface area contributed by atoms with Crippen molar-refractivity contribution in [2.45, 2.75) is 40.0 Å². The zero-order valence-electron chi connectivity index (χ0n) is 22.8. The highest BCUT2D eigenvalue weighted by atomic mass is 35.5. The summed E-state index contributed by atoms with van der Waals surface area (Å²) in [6.07, 6.45) is 2.92. The third-order valence-corrected chi connectivity index (χ3v) is 8.12. The fraction of sp³-hybridized carbons (Fsp3) is 0.167. The van der Waals surface area contributed by atoms with Gasteiger partial charge in [-0.15, -0.1) is 0 Å². The van der Waals surface area contributed by atoms with E-state index >= 15 is 0 Å². The van der Waals surface area contributed by atoms with Gasteiger partial charge in [-0.1, -0.05) is 80.9 Å². The average molecular weight is 529 g/mol. The van der Waals surface area contributed by atoms with Gasteiger partial charge in [0.25, 0.3) is 0 Å². The lowest BCUT2D eigenvalue weighted by molar-refractivity contribution is 1.12. The van der Waals surface area contributed by atoms with Crippen LogP contribution in [0.25, 0.3) is 11.1 Å². The van der Waals surface area contributed by atoms with E-state index in [0.29, 0.717) is 0 Å². The summed E-state index contributed by atoms with van der Waals surface area (Å²) in [5.74, 6) is 0. The molecule has 0 atom stereocenters. The fourth-order valence-corrected chi connectivity index (χ4v) is 5.72. The Kier molecular flexibility index (Phi) is 6.89. The summed E-state index contributed by atoms with van der Waals surface area (Å²) in [5, 5.41) is 0.726. The van der Waals surface area contributed by atoms with Crippen molar-refractivity contribution in [1.82, 2.24) is 0 Å². The first-order chi connectivity index (χ1) is 19.1. The van der Waals surface area contributed by atoms with E-state index in [4.69, 9.17) is 11.6 Å². The third kappa shape index (κ3) is 4.70. The minimum Gasteiger partial charge on any atom is -0.309 e. The first kappa shape index (κ1) is 25.3. The van der Waals surface area contributed by atoms with Crippen molar-refractivity contribution in [1.29, 1.82) is 0 Å². The summed E-state index contributed by atoms with van der Waals surface area (Å²) in [5.41, 5.74) is 12.5. The number of rotatable bonds is 5. The molecule has 5 aromatic rings. The van der Waals surface area contributed by atoms with Gasteiger partial charge in [-0.05, 0) is 108 Å². The number of benzene rings is 5. The molecule has 1 aliphatic rings. The Bertz CT molecular complexity index is 1500. The first-order valence-corrected chi connectivity index (χ1v) is 14.3. The minimum absolute atomic E-state index is 0.726. The van der Waals surface area contributed by atoms with E-state index in [2.05, 4.69) is 140 Å². The highest BCUT2D eigenvalue weighted by Gasteiger charge is 2.25. The van der Waals surface area contributed by atoms with Crippen molar-refractivity contribution in [3.05, 3.63) is 131 Å². The van der Waals surface area contributed by atoms with Crippen LogP contribution in [0.4, 0.5) is 34.1 Å². The average Bonchev–Trinajstić information content (AvgIpc) is 3.00. The van der Waals surface area contributed by atoms with Crippen molar-refractivity contribution in [2.75, 3.05) is 9.80 Å². The summed E-state index contributed by atoms with van der Waals surface area (Å²) in [4.78, 5) is 4.61. The molecule has 2 nitrogen and oxygen atoms in total. The number of halogens is 1. The third-order valence-electron chi connectivity index (χ3n) is 7.73. The smallest absolute Gasteiger partial charge is 0.0887 e. The predicted molar refractivity (Wildman–Crippen MR) is 168 cm³/mol. The van der Waals surface area contributed by atoms with Gasteiger partial charge in [0.2, 0.25) is 0 Å². The van der Waals surface area contributed by atoms with Gasteiger partial charge in [-0.25, -0.2) is 0 Å². The molecule has 0 unspecified atom stereocenters. The molecular formula is C36H33ClN2. The molecule has 194 valence electrons.